The normalized spacial score (nSPS) is 9.66. The molecule has 0 spiro atoms. The number of rotatable bonds is 3. The van der Waals surface area contributed by atoms with Crippen molar-refractivity contribution >= 4 is 28.3 Å². The van der Waals surface area contributed by atoms with Crippen molar-refractivity contribution in [2.45, 2.75) is 11.8 Å². The standard InChI is InChI=1S/C24H14N2O5S/c1-17(27)32-23-14-8-19(9-15-23)4-10-21-11-5-20(16-24(21)26(30)31)3-2-18-6-12-22(13-7-18)25(28)29/h5-9,11-16H,1H3. The van der Waals surface area contributed by atoms with E-state index in [1.807, 2.05) is 0 Å². The molecule has 32 heavy (non-hydrogen) atoms. The van der Waals surface area contributed by atoms with Gasteiger partial charge in [0.1, 0.15) is 5.56 Å². The summed E-state index contributed by atoms with van der Waals surface area (Å²) >= 11 is 1.12. The Morgan fingerprint density at radius 2 is 1.28 bits per heavy atom. The largest absolute Gasteiger partial charge is 0.287 e. The van der Waals surface area contributed by atoms with Gasteiger partial charge in [0.25, 0.3) is 11.4 Å². The number of benzene rings is 3. The Morgan fingerprint density at radius 3 is 1.84 bits per heavy atom. The molecule has 0 fully saturated rings. The van der Waals surface area contributed by atoms with Crippen molar-refractivity contribution in [2.75, 3.05) is 0 Å². The van der Waals surface area contributed by atoms with E-state index in [-0.39, 0.29) is 22.1 Å². The van der Waals surface area contributed by atoms with E-state index in [1.54, 1.807) is 30.3 Å². The lowest BCUT2D eigenvalue weighted by atomic mass is 10.1. The average Bonchev–Trinajstić information content (AvgIpc) is 2.77. The molecule has 7 nitrogen and oxygen atoms in total. The molecular weight excluding hydrogens is 428 g/mol. The first-order valence-corrected chi connectivity index (χ1v) is 9.99. The van der Waals surface area contributed by atoms with Crippen molar-refractivity contribution in [3.8, 4) is 23.7 Å². The molecule has 0 saturated heterocycles. The molecule has 0 amide bonds. The molecule has 0 aliphatic heterocycles. The van der Waals surface area contributed by atoms with Gasteiger partial charge in [-0.05, 0) is 48.5 Å². The molecule has 0 aromatic heterocycles. The van der Waals surface area contributed by atoms with Crippen LogP contribution in [0.15, 0.2) is 71.6 Å². The van der Waals surface area contributed by atoms with E-state index in [0.717, 1.165) is 16.7 Å². The van der Waals surface area contributed by atoms with Crippen LogP contribution in [0.25, 0.3) is 0 Å². The SMILES string of the molecule is CC(=O)Sc1ccc(C#Cc2ccc(C#Cc3ccc([N+](=O)[O-])cc3)cc2[N+](=O)[O-])cc1. The molecule has 0 heterocycles. The zero-order valence-corrected chi connectivity index (χ0v) is 17.5. The third kappa shape index (κ3) is 6.05. The van der Waals surface area contributed by atoms with Gasteiger partial charge in [0.2, 0.25) is 0 Å². The van der Waals surface area contributed by atoms with E-state index in [2.05, 4.69) is 23.7 Å². The second-order valence-corrected chi connectivity index (χ2v) is 7.66. The number of nitro groups is 2. The first-order chi connectivity index (χ1) is 15.3. The molecule has 8 heteroatoms. The summed E-state index contributed by atoms with van der Waals surface area (Å²) in [6.07, 6.45) is 0. The van der Waals surface area contributed by atoms with Crippen LogP contribution in [0, 0.1) is 43.9 Å². The Bertz CT molecular complexity index is 1330. The minimum absolute atomic E-state index is 0.0174. The lowest BCUT2D eigenvalue weighted by Crippen LogP contribution is -1.93. The summed E-state index contributed by atoms with van der Waals surface area (Å²) in [5, 5.41) is 22.2. The second kappa shape index (κ2) is 10.1. The van der Waals surface area contributed by atoms with Gasteiger partial charge in [0, 0.05) is 46.7 Å². The summed E-state index contributed by atoms with van der Waals surface area (Å²) in [5.41, 5.74) is 1.67. The van der Waals surface area contributed by atoms with E-state index < -0.39 is 9.85 Å². The van der Waals surface area contributed by atoms with Gasteiger partial charge in [-0.3, -0.25) is 25.0 Å². The number of thioether (sulfide) groups is 1. The van der Waals surface area contributed by atoms with Crippen molar-refractivity contribution in [2.24, 2.45) is 0 Å². The molecule has 0 atom stereocenters. The highest BCUT2D eigenvalue weighted by Gasteiger charge is 2.12. The first-order valence-electron chi connectivity index (χ1n) is 9.17. The number of hydrogen-bond acceptors (Lipinski definition) is 6. The highest BCUT2D eigenvalue weighted by Crippen LogP contribution is 2.21. The zero-order chi connectivity index (χ0) is 23.1. The molecule has 0 N–H and O–H groups in total. The van der Waals surface area contributed by atoms with E-state index in [9.17, 15) is 25.0 Å². The number of nitrogens with zero attached hydrogens (tertiary/aromatic N) is 2. The summed E-state index contributed by atoms with van der Waals surface area (Å²) in [6, 6.07) is 17.2. The molecule has 0 aliphatic rings. The van der Waals surface area contributed by atoms with Crippen molar-refractivity contribution in [1.82, 2.24) is 0 Å². The van der Waals surface area contributed by atoms with Crippen LogP contribution < -0.4 is 0 Å². The molecule has 0 bridgehead atoms. The quantitative estimate of drug-likeness (QED) is 0.246. The van der Waals surface area contributed by atoms with Crippen molar-refractivity contribution in [1.29, 1.82) is 0 Å². The third-order valence-electron chi connectivity index (χ3n) is 4.08. The number of carbonyl (C=O) groups is 1. The van der Waals surface area contributed by atoms with Crippen molar-refractivity contribution in [3.63, 3.8) is 0 Å². The Kier molecular flexibility index (Phi) is 7.02. The third-order valence-corrected chi connectivity index (χ3v) is 4.88. The Morgan fingerprint density at radius 1 is 0.750 bits per heavy atom. The predicted molar refractivity (Wildman–Crippen MR) is 121 cm³/mol. The summed E-state index contributed by atoms with van der Waals surface area (Å²) in [5.74, 6) is 11.4. The molecule has 0 aliphatic carbocycles. The molecule has 0 unspecified atom stereocenters. The minimum Gasteiger partial charge on any atom is -0.287 e. The van der Waals surface area contributed by atoms with Crippen LogP contribution in [0.3, 0.4) is 0 Å². The molecule has 3 aromatic carbocycles. The maximum absolute atomic E-state index is 11.5. The summed E-state index contributed by atoms with van der Waals surface area (Å²) < 4.78 is 0. The van der Waals surface area contributed by atoms with Gasteiger partial charge in [0.15, 0.2) is 5.12 Å². The Hall–Kier alpha value is -4.40. The fourth-order valence-corrected chi connectivity index (χ4v) is 3.19. The van der Waals surface area contributed by atoms with E-state index in [1.165, 1.54) is 43.3 Å². The van der Waals surface area contributed by atoms with E-state index in [0.29, 0.717) is 16.7 Å². The van der Waals surface area contributed by atoms with Gasteiger partial charge in [0.05, 0.1) is 9.85 Å². The molecule has 3 rings (SSSR count). The van der Waals surface area contributed by atoms with Gasteiger partial charge < -0.3 is 0 Å². The number of non-ortho nitro benzene ring substituents is 1. The van der Waals surface area contributed by atoms with E-state index >= 15 is 0 Å². The maximum atomic E-state index is 11.5. The van der Waals surface area contributed by atoms with Gasteiger partial charge >= 0.3 is 0 Å². The highest BCUT2D eigenvalue weighted by atomic mass is 32.2. The number of hydrogen-bond donors (Lipinski definition) is 0. The fraction of sp³-hybridized carbons (Fsp3) is 0.0417. The molecular formula is C24H14N2O5S. The van der Waals surface area contributed by atoms with Crippen LogP contribution >= 0.6 is 11.8 Å². The average molecular weight is 442 g/mol. The van der Waals surface area contributed by atoms with Gasteiger partial charge in [-0.2, -0.15) is 0 Å². The molecule has 156 valence electrons. The predicted octanol–water partition coefficient (Wildman–Crippen LogP) is 4.94. The maximum Gasteiger partial charge on any atom is 0.286 e. The minimum atomic E-state index is -0.520. The molecule has 0 radical (unpaired) electrons. The van der Waals surface area contributed by atoms with Crippen LogP contribution in [0.2, 0.25) is 0 Å². The Balaban J connectivity index is 1.83. The fourth-order valence-electron chi connectivity index (χ4n) is 2.59. The van der Waals surface area contributed by atoms with Crippen molar-refractivity contribution < 1.29 is 14.6 Å². The van der Waals surface area contributed by atoms with Crippen LogP contribution in [0.4, 0.5) is 11.4 Å². The lowest BCUT2D eigenvalue weighted by molar-refractivity contribution is -0.385. The Labute approximate surface area is 187 Å². The van der Waals surface area contributed by atoms with E-state index in [4.69, 9.17) is 0 Å². The first kappa shape index (κ1) is 22.3. The van der Waals surface area contributed by atoms with Gasteiger partial charge in [-0.15, -0.1) is 0 Å². The van der Waals surface area contributed by atoms with Gasteiger partial charge in [-0.1, -0.05) is 35.4 Å². The number of carbonyl (C=O) groups excluding carboxylic acids is 1. The monoisotopic (exact) mass is 442 g/mol. The smallest absolute Gasteiger partial charge is 0.286 e. The number of nitro benzene ring substituents is 2. The van der Waals surface area contributed by atoms with Crippen LogP contribution in [0.1, 0.15) is 29.2 Å². The second-order valence-electron chi connectivity index (χ2n) is 6.41. The molecule has 0 saturated carbocycles. The van der Waals surface area contributed by atoms with Gasteiger partial charge in [-0.25, -0.2) is 0 Å². The van der Waals surface area contributed by atoms with Crippen molar-refractivity contribution in [3.05, 3.63) is 109 Å². The lowest BCUT2D eigenvalue weighted by Gasteiger charge is -1.98. The van der Waals surface area contributed by atoms with Crippen LogP contribution in [-0.2, 0) is 4.79 Å². The molecule has 3 aromatic rings. The summed E-state index contributed by atoms with van der Waals surface area (Å²) in [6.45, 7) is 1.48. The topological polar surface area (TPSA) is 103 Å². The van der Waals surface area contributed by atoms with Crippen LogP contribution in [0.5, 0.6) is 0 Å². The zero-order valence-electron chi connectivity index (χ0n) is 16.7. The highest BCUT2D eigenvalue weighted by molar-refractivity contribution is 8.13. The summed E-state index contributed by atoms with van der Waals surface area (Å²) in [7, 11) is 0. The summed E-state index contributed by atoms with van der Waals surface area (Å²) in [4.78, 5) is 33.1. The van der Waals surface area contributed by atoms with Crippen LogP contribution in [-0.4, -0.2) is 15.0 Å².